The van der Waals surface area contributed by atoms with Crippen LogP contribution in [0.4, 0.5) is 0 Å². The summed E-state index contributed by atoms with van der Waals surface area (Å²) >= 11 is 1.74. The fourth-order valence-corrected chi connectivity index (χ4v) is 3.28. The van der Waals surface area contributed by atoms with Crippen LogP contribution in [0, 0.1) is 5.92 Å². The van der Waals surface area contributed by atoms with Crippen molar-refractivity contribution in [2.24, 2.45) is 11.7 Å². The van der Waals surface area contributed by atoms with Crippen molar-refractivity contribution in [2.45, 2.75) is 44.7 Å². The normalized spacial score (nSPS) is 25.8. The van der Waals surface area contributed by atoms with Gasteiger partial charge in [-0.15, -0.1) is 11.3 Å². The Labute approximate surface area is 106 Å². The van der Waals surface area contributed by atoms with Crippen LogP contribution in [0.5, 0.6) is 0 Å². The Morgan fingerprint density at radius 2 is 2.47 bits per heavy atom. The molecule has 1 amide bonds. The molecule has 2 rings (SSSR count). The quantitative estimate of drug-likeness (QED) is 0.860. The zero-order chi connectivity index (χ0) is 12.3. The van der Waals surface area contributed by atoms with Gasteiger partial charge in [-0.2, -0.15) is 0 Å². The SMILES string of the molecule is CC(Cc1cccs1)NC(=O)C1CCCC1N. The minimum atomic E-state index is 0.0285. The molecule has 1 aromatic heterocycles. The minimum Gasteiger partial charge on any atom is -0.353 e. The standard InChI is InChI=1S/C13H20N2OS/c1-9(8-10-4-3-7-17-10)15-13(16)11-5-2-6-12(11)14/h3-4,7,9,11-12H,2,5-6,8,14H2,1H3,(H,15,16). The summed E-state index contributed by atoms with van der Waals surface area (Å²) in [5, 5.41) is 5.14. The first-order valence-electron chi connectivity index (χ1n) is 6.25. The molecule has 1 fully saturated rings. The van der Waals surface area contributed by atoms with E-state index >= 15 is 0 Å². The van der Waals surface area contributed by atoms with E-state index in [-0.39, 0.29) is 23.9 Å². The summed E-state index contributed by atoms with van der Waals surface area (Å²) in [5.41, 5.74) is 5.93. The number of nitrogens with two attached hydrogens (primary N) is 1. The molecule has 4 heteroatoms. The highest BCUT2D eigenvalue weighted by molar-refractivity contribution is 7.09. The van der Waals surface area contributed by atoms with Gasteiger partial charge in [-0.3, -0.25) is 4.79 Å². The van der Waals surface area contributed by atoms with Crippen molar-refractivity contribution in [3.8, 4) is 0 Å². The minimum absolute atomic E-state index is 0.0285. The van der Waals surface area contributed by atoms with Gasteiger partial charge in [-0.05, 0) is 31.2 Å². The highest BCUT2D eigenvalue weighted by Crippen LogP contribution is 2.24. The monoisotopic (exact) mass is 252 g/mol. The molecule has 1 heterocycles. The third-order valence-electron chi connectivity index (χ3n) is 3.38. The van der Waals surface area contributed by atoms with E-state index in [9.17, 15) is 4.79 Å². The summed E-state index contributed by atoms with van der Waals surface area (Å²) in [6, 6.07) is 4.40. The van der Waals surface area contributed by atoms with Crippen molar-refractivity contribution in [2.75, 3.05) is 0 Å². The average Bonchev–Trinajstić information content (AvgIpc) is 2.88. The maximum atomic E-state index is 12.0. The Hall–Kier alpha value is -0.870. The van der Waals surface area contributed by atoms with Crippen molar-refractivity contribution < 1.29 is 4.79 Å². The van der Waals surface area contributed by atoms with E-state index in [0.717, 1.165) is 25.7 Å². The van der Waals surface area contributed by atoms with E-state index < -0.39 is 0 Å². The summed E-state index contributed by atoms with van der Waals surface area (Å²) in [6.07, 6.45) is 3.92. The number of carbonyl (C=O) groups excluding carboxylic acids is 1. The summed E-state index contributed by atoms with van der Waals surface area (Å²) in [5.74, 6) is 0.167. The lowest BCUT2D eigenvalue weighted by molar-refractivity contribution is -0.125. The number of rotatable bonds is 4. The number of carbonyl (C=O) groups is 1. The smallest absolute Gasteiger partial charge is 0.224 e. The molecule has 3 atom stereocenters. The lowest BCUT2D eigenvalue weighted by atomic mass is 10.0. The second kappa shape index (κ2) is 5.65. The molecule has 1 aliphatic rings. The van der Waals surface area contributed by atoms with E-state index in [1.165, 1.54) is 4.88 Å². The molecule has 94 valence electrons. The highest BCUT2D eigenvalue weighted by Gasteiger charge is 2.30. The molecule has 1 aliphatic carbocycles. The molecule has 0 radical (unpaired) electrons. The summed E-state index contributed by atoms with van der Waals surface area (Å²) in [6.45, 7) is 2.05. The summed E-state index contributed by atoms with van der Waals surface area (Å²) in [7, 11) is 0. The molecule has 0 aliphatic heterocycles. The number of thiophene rings is 1. The van der Waals surface area contributed by atoms with Gasteiger partial charge in [0.2, 0.25) is 5.91 Å². The van der Waals surface area contributed by atoms with Crippen LogP contribution in [0.1, 0.15) is 31.1 Å². The molecule has 3 nitrogen and oxygen atoms in total. The number of hydrogen-bond acceptors (Lipinski definition) is 3. The highest BCUT2D eigenvalue weighted by atomic mass is 32.1. The lowest BCUT2D eigenvalue weighted by Crippen LogP contribution is -2.42. The van der Waals surface area contributed by atoms with Gasteiger partial charge in [-0.25, -0.2) is 0 Å². The lowest BCUT2D eigenvalue weighted by Gasteiger charge is -2.19. The third kappa shape index (κ3) is 3.30. The van der Waals surface area contributed by atoms with Crippen LogP contribution in [0.2, 0.25) is 0 Å². The van der Waals surface area contributed by atoms with Crippen molar-refractivity contribution in [1.82, 2.24) is 5.32 Å². The average molecular weight is 252 g/mol. The predicted octanol–water partition coefficient (Wildman–Crippen LogP) is 1.92. The van der Waals surface area contributed by atoms with Gasteiger partial charge in [0.25, 0.3) is 0 Å². The van der Waals surface area contributed by atoms with Crippen molar-refractivity contribution >= 4 is 17.2 Å². The van der Waals surface area contributed by atoms with Gasteiger partial charge in [-0.1, -0.05) is 12.5 Å². The summed E-state index contributed by atoms with van der Waals surface area (Å²) in [4.78, 5) is 13.3. The number of hydrogen-bond donors (Lipinski definition) is 2. The Morgan fingerprint density at radius 3 is 3.06 bits per heavy atom. The first kappa shape index (κ1) is 12.6. The van der Waals surface area contributed by atoms with E-state index in [1.54, 1.807) is 11.3 Å². The molecule has 3 N–H and O–H groups in total. The zero-order valence-electron chi connectivity index (χ0n) is 10.2. The molecular weight excluding hydrogens is 232 g/mol. The maximum absolute atomic E-state index is 12.0. The molecule has 0 bridgehead atoms. The zero-order valence-corrected chi connectivity index (χ0v) is 11.0. The van der Waals surface area contributed by atoms with E-state index in [1.807, 2.05) is 6.07 Å². The van der Waals surface area contributed by atoms with Gasteiger partial charge in [0.05, 0.1) is 5.92 Å². The van der Waals surface area contributed by atoms with Crippen LogP contribution >= 0.6 is 11.3 Å². The van der Waals surface area contributed by atoms with Crippen LogP contribution in [0.15, 0.2) is 17.5 Å². The molecule has 3 unspecified atom stereocenters. The van der Waals surface area contributed by atoms with E-state index in [0.29, 0.717) is 0 Å². The molecule has 1 aromatic rings. The second-order valence-electron chi connectivity index (χ2n) is 4.89. The molecule has 0 spiro atoms. The van der Waals surface area contributed by atoms with Crippen LogP contribution < -0.4 is 11.1 Å². The molecule has 1 saturated carbocycles. The third-order valence-corrected chi connectivity index (χ3v) is 4.28. The van der Waals surface area contributed by atoms with Crippen LogP contribution in [0.3, 0.4) is 0 Å². The fraction of sp³-hybridized carbons (Fsp3) is 0.615. The van der Waals surface area contributed by atoms with Gasteiger partial charge < -0.3 is 11.1 Å². The topological polar surface area (TPSA) is 55.1 Å². The number of nitrogens with one attached hydrogen (secondary N) is 1. The van der Waals surface area contributed by atoms with Gasteiger partial charge in [0, 0.05) is 23.4 Å². The Kier molecular flexibility index (Phi) is 4.18. The van der Waals surface area contributed by atoms with Gasteiger partial charge in [0.1, 0.15) is 0 Å². The van der Waals surface area contributed by atoms with Crippen LogP contribution in [0.25, 0.3) is 0 Å². The largest absolute Gasteiger partial charge is 0.353 e. The Balaban J connectivity index is 1.82. The van der Waals surface area contributed by atoms with Crippen LogP contribution in [-0.4, -0.2) is 18.0 Å². The van der Waals surface area contributed by atoms with Gasteiger partial charge in [0.15, 0.2) is 0 Å². The summed E-state index contributed by atoms with van der Waals surface area (Å²) < 4.78 is 0. The van der Waals surface area contributed by atoms with Crippen LogP contribution in [-0.2, 0) is 11.2 Å². The van der Waals surface area contributed by atoms with E-state index in [2.05, 4.69) is 23.7 Å². The van der Waals surface area contributed by atoms with E-state index in [4.69, 9.17) is 5.73 Å². The molecule has 0 saturated heterocycles. The first-order valence-corrected chi connectivity index (χ1v) is 7.13. The van der Waals surface area contributed by atoms with Crippen molar-refractivity contribution in [3.05, 3.63) is 22.4 Å². The predicted molar refractivity (Wildman–Crippen MR) is 70.9 cm³/mol. The number of amides is 1. The Morgan fingerprint density at radius 1 is 1.65 bits per heavy atom. The van der Waals surface area contributed by atoms with Crippen molar-refractivity contribution in [1.29, 1.82) is 0 Å². The molecular formula is C13H20N2OS. The second-order valence-corrected chi connectivity index (χ2v) is 5.93. The Bertz CT molecular complexity index is 364. The first-order chi connectivity index (χ1) is 8.16. The van der Waals surface area contributed by atoms with Crippen molar-refractivity contribution in [3.63, 3.8) is 0 Å². The van der Waals surface area contributed by atoms with Gasteiger partial charge >= 0.3 is 0 Å². The molecule has 0 aromatic carbocycles. The molecule has 17 heavy (non-hydrogen) atoms. The fourth-order valence-electron chi connectivity index (χ4n) is 2.45. The maximum Gasteiger partial charge on any atom is 0.224 e.